The first-order chi connectivity index (χ1) is 5.93. The molecule has 0 unspecified atom stereocenters. The van der Waals surface area contributed by atoms with Crippen molar-refractivity contribution < 1.29 is 0 Å². The average molecular weight is 167 g/mol. The lowest BCUT2D eigenvalue weighted by Gasteiger charge is -2.09. The van der Waals surface area contributed by atoms with Gasteiger partial charge in [-0.1, -0.05) is 24.1 Å². The second-order valence-electron chi connectivity index (χ2n) is 3.09. The molecule has 3 nitrogen and oxygen atoms in total. The second-order valence-corrected chi connectivity index (χ2v) is 3.09. The summed E-state index contributed by atoms with van der Waals surface area (Å²) in [4.78, 5) is 0. The largest absolute Gasteiger partial charge is 0.265 e. The van der Waals surface area contributed by atoms with Crippen LogP contribution in [0.3, 0.4) is 0 Å². The highest BCUT2D eigenvalue weighted by Crippen LogP contribution is 2.14. The Morgan fingerprint density at radius 2 is 2.08 bits per heavy atom. The third kappa shape index (κ3) is 3.51. The van der Waals surface area contributed by atoms with Crippen LogP contribution in [-0.2, 0) is 0 Å². The lowest BCUT2D eigenvalue weighted by molar-refractivity contribution is 0.598. The molecule has 0 spiro atoms. The molecule has 0 bridgehead atoms. The van der Waals surface area contributed by atoms with Gasteiger partial charge in [-0.25, -0.2) is 0 Å². The Hall–Kier alpha value is -0.860. The van der Waals surface area contributed by atoms with Gasteiger partial charge in [-0.05, 0) is 25.7 Å². The lowest BCUT2D eigenvalue weighted by Crippen LogP contribution is -2.05. The minimum atomic E-state index is 1.12. The highest BCUT2D eigenvalue weighted by Gasteiger charge is 1.99. The summed E-state index contributed by atoms with van der Waals surface area (Å²) < 4.78 is 0. The lowest BCUT2D eigenvalue weighted by atomic mass is 10.0. The van der Waals surface area contributed by atoms with Crippen LogP contribution < -0.4 is 5.43 Å². The van der Waals surface area contributed by atoms with Crippen molar-refractivity contribution in [2.45, 2.75) is 38.5 Å². The molecule has 3 heteroatoms. The smallest absolute Gasteiger partial charge is 0.0509 e. The predicted molar refractivity (Wildman–Crippen MR) is 49.7 cm³/mol. The molecule has 0 fully saturated rings. The Bertz CT molecular complexity index is 173. The van der Waals surface area contributed by atoms with E-state index in [2.05, 4.69) is 21.8 Å². The van der Waals surface area contributed by atoms with E-state index in [4.69, 9.17) is 0 Å². The fourth-order valence-corrected chi connectivity index (χ4v) is 1.41. The van der Waals surface area contributed by atoms with Crippen molar-refractivity contribution in [3.63, 3.8) is 0 Å². The van der Waals surface area contributed by atoms with E-state index < -0.39 is 0 Å². The van der Waals surface area contributed by atoms with Crippen molar-refractivity contribution in [1.82, 2.24) is 5.43 Å². The maximum Gasteiger partial charge on any atom is 0.0509 e. The molecule has 1 N–H and O–H groups in total. The molecule has 0 aromatic rings. The molecule has 0 saturated heterocycles. The van der Waals surface area contributed by atoms with Crippen molar-refractivity contribution in [2.24, 2.45) is 10.3 Å². The van der Waals surface area contributed by atoms with E-state index in [-0.39, 0.29) is 0 Å². The molecule has 12 heavy (non-hydrogen) atoms. The monoisotopic (exact) mass is 167 g/mol. The summed E-state index contributed by atoms with van der Waals surface area (Å²) in [5.41, 5.74) is 4.19. The van der Waals surface area contributed by atoms with Crippen LogP contribution in [0.25, 0.3) is 0 Å². The van der Waals surface area contributed by atoms with Gasteiger partial charge >= 0.3 is 0 Å². The molecule has 0 aliphatic heterocycles. The van der Waals surface area contributed by atoms with Gasteiger partial charge in [-0.15, -0.1) is 0 Å². The molecule has 1 rings (SSSR count). The highest BCUT2D eigenvalue weighted by atomic mass is 15.4. The Morgan fingerprint density at radius 3 is 2.92 bits per heavy atom. The van der Waals surface area contributed by atoms with Crippen LogP contribution in [0.1, 0.15) is 38.5 Å². The third-order valence-corrected chi connectivity index (χ3v) is 2.08. The first-order valence-corrected chi connectivity index (χ1v) is 4.67. The van der Waals surface area contributed by atoms with Crippen LogP contribution in [-0.4, -0.2) is 7.05 Å². The van der Waals surface area contributed by atoms with Crippen molar-refractivity contribution >= 4 is 0 Å². The standard InChI is InChI=1S/C9H17N3/c1-10-12-11-9-7-5-3-2-4-6-8-9/h7H,2-6,8H2,1H3,(H,10,11)/b9-7+. The molecule has 0 radical (unpaired) electrons. The second kappa shape index (κ2) is 5.75. The zero-order chi connectivity index (χ0) is 8.65. The molecule has 0 heterocycles. The average Bonchev–Trinajstić information content (AvgIpc) is 2.02. The Morgan fingerprint density at radius 1 is 1.25 bits per heavy atom. The van der Waals surface area contributed by atoms with Crippen LogP contribution in [0, 0.1) is 0 Å². The van der Waals surface area contributed by atoms with E-state index in [0.29, 0.717) is 0 Å². The zero-order valence-corrected chi connectivity index (χ0v) is 7.71. The van der Waals surface area contributed by atoms with Gasteiger partial charge in [-0.3, -0.25) is 5.43 Å². The van der Waals surface area contributed by atoms with Crippen molar-refractivity contribution in [3.8, 4) is 0 Å². The van der Waals surface area contributed by atoms with E-state index in [9.17, 15) is 0 Å². The Kier molecular flexibility index (Phi) is 4.42. The van der Waals surface area contributed by atoms with Crippen LogP contribution in [0.5, 0.6) is 0 Å². The van der Waals surface area contributed by atoms with Gasteiger partial charge in [0.1, 0.15) is 0 Å². The van der Waals surface area contributed by atoms with E-state index >= 15 is 0 Å². The molecular formula is C9H17N3. The SMILES string of the molecule is CN=NN/C1=C/CCCCCC1. The van der Waals surface area contributed by atoms with Gasteiger partial charge in [0.15, 0.2) is 0 Å². The number of hydrogen-bond donors (Lipinski definition) is 1. The van der Waals surface area contributed by atoms with Gasteiger partial charge in [-0.2, -0.15) is 5.11 Å². The first kappa shape index (κ1) is 9.23. The molecule has 0 saturated carbocycles. The number of hydrogen-bond acceptors (Lipinski definition) is 2. The minimum Gasteiger partial charge on any atom is -0.265 e. The minimum absolute atomic E-state index is 1.12. The summed E-state index contributed by atoms with van der Waals surface area (Å²) in [5.74, 6) is 0. The van der Waals surface area contributed by atoms with Crippen molar-refractivity contribution in [3.05, 3.63) is 11.8 Å². The van der Waals surface area contributed by atoms with E-state index in [0.717, 1.165) is 6.42 Å². The highest BCUT2D eigenvalue weighted by molar-refractivity contribution is 4.99. The van der Waals surface area contributed by atoms with Gasteiger partial charge in [0.2, 0.25) is 0 Å². The van der Waals surface area contributed by atoms with Gasteiger partial charge < -0.3 is 0 Å². The first-order valence-electron chi connectivity index (χ1n) is 4.67. The maximum absolute atomic E-state index is 3.77. The van der Waals surface area contributed by atoms with Crippen LogP contribution in [0.4, 0.5) is 0 Å². The van der Waals surface area contributed by atoms with Gasteiger partial charge in [0, 0.05) is 5.70 Å². The molecule has 1 aliphatic rings. The summed E-state index contributed by atoms with van der Waals surface area (Å²) in [5, 5.41) is 7.43. The summed E-state index contributed by atoms with van der Waals surface area (Å²) >= 11 is 0. The van der Waals surface area contributed by atoms with Crippen molar-refractivity contribution in [1.29, 1.82) is 0 Å². The maximum atomic E-state index is 3.77. The quantitative estimate of drug-likeness (QED) is 0.498. The summed E-state index contributed by atoms with van der Waals surface area (Å²) in [7, 11) is 1.68. The van der Waals surface area contributed by atoms with E-state index in [1.54, 1.807) is 7.05 Å². The number of allylic oxidation sites excluding steroid dienone is 2. The number of nitrogens with one attached hydrogen (secondary N) is 1. The molecule has 68 valence electrons. The fourth-order valence-electron chi connectivity index (χ4n) is 1.41. The van der Waals surface area contributed by atoms with E-state index in [1.807, 2.05) is 0 Å². The molecule has 0 atom stereocenters. The summed E-state index contributed by atoms with van der Waals surface area (Å²) in [6.45, 7) is 0. The summed E-state index contributed by atoms with van der Waals surface area (Å²) in [6, 6.07) is 0. The van der Waals surface area contributed by atoms with Gasteiger partial charge in [0.05, 0.1) is 7.05 Å². The van der Waals surface area contributed by atoms with E-state index in [1.165, 1.54) is 37.8 Å². The fraction of sp³-hybridized carbons (Fsp3) is 0.778. The molecule has 0 aromatic heterocycles. The third-order valence-electron chi connectivity index (χ3n) is 2.08. The van der Waals surface area contributed by atoms with Gasteiger partial charge in [0.25, 0.3) is 0 Å². The van der Waals surface area contributed by atoms with Crippen molar-refractivity contribution in [2.75, 3.05) is 7.05 Å². The molecule has 0 amide bonds. The predicted octanol–water partition coefficient (Wildman–Crippen LogP) is 2.81. The number of nitrogens with zero attached hydrogens (tertiary/aromatic N) is 2. The molecule has 1 aliphatic carbocycles. The normalized spacial score (nSPS) is 24.2. The molecule has 0 aromatic carbocycles. The summed E-state index contributed by atoms with van der Waals surface area (Å²) in [6.07, 6.45) is 9.86. The Labute approximate surface area is 73.9 Å². The van der Waals surface area contributed by atoms with Crippen LogP contribution in [0.15, 0.2) is 22.1 Å². The number of rotatable bonds is 2. The Balaban J connectivity index is 2.36. The van der Waals surface area contributed by atoms with Crippen LogP contribution >= 0.6 is 0 Å². The topological polar surface area (TPSA) is 36.8 Å². The van der Waals surface area contributed by atoms with Crippen LogP contribution in [0.2, 0.25) is 0 Å². The zero-order valence-electron chi connectivity index (χ0n) is 7.71. The molecular weight excluding hydrogens is 150 g/mol.